The van der Waals surface area contributed by atoms with Gasteiger partial charge in [-0.2, -0.15) is 0 Å². The number of nitrogens with zero attached hydrogens (tertiary/aromatic N) is 2. The van der Waals surface area contributed by atoms with Gasteiger partial charge >= 0.3 is 6.03 Å². The zero-order valence-electron chi connectivity index (χ0n) is 20.7. The van der Waals surface area contributed by atoms with Crippen molar-refractivity contribution < 1.29 is 28.8 Å². The Morgan fingerprint density at radius 1 is 1.05 bits per heavy atom. The second-order valence-electron chi connectivity index (χ2n) is 8.37. The van der Waals surface area contributed by atoms with Gasteiger partial charge in [0.15, 0.2) is 11.5 Å². The molecular weight excluding hydrogens is 549 g/mol. The summed E-state index contributed by atoms with van der Waals surface area (Å²) in [4.78, 5) is 49.9. The summed E-state index contributed by atoms with van der Waals surface area (Å²) in [5.74, 6) is -1.31. The number of imide groups is 2. The number of hydrogen-bond acceptors (Lipinski definition) is 7. The van der Waals surface area contributed by atoms with Crippen LogP contribution in [-0.2, 0) is 16.2 Å². The van der Waals surface area contributed by atoms with E-state index in [1.54, 1.807) is 38.1 Å². The lowest BCUT2D eigenvalue weighted by Gasteiger charge is -2.27. The number of anilines is 1. The molecule has 3 aromatic carbocycles. The number of nitrogens with one attached hydrogen (secondary N) is 1. The van der Waals surface area contributed by atoms with Gasteiger partial charge in [-0.15, -0.1) is 0 Å². The summed E-state index contributed by atoms with van der Waals surface area (Å²) in [7, 11) is 0. The molecule has 0 spiro atoms. The van der Waals surface area contributed by atoms with Crippen LogP contribution in [0, 0.1) is 17.0 Å². The van der Waals surface area contributed by atoms with E-state index in [4.69, 9.17) is 32.7 Å². The zero-order chi connectivity index (χ0) is 28.3. The molecule has 12 heteroatoms. The predicted molar refractivity (Wildman–Crippen MR) is 145 cm³/mol. The van der Waals surface area contributed by atoms with Gasteiger partial charge in [0.1, 0.15) is 12.2 Å². The fraction of sp³-hybridized carbons (Fsp3) is 0.148. The summed E-state index contributed by atoms with van der Waals surface area (Å²) in [6, 6.07) is 12.8. The molecule has 0 atom stereocenters. The number of nitro benzene ring substituents is 1. The number of ether oxygens (including phenoxy) is 2. The van der Waals surface area contributed by atoms with Crippen LogP contribution >= 0.6 is 23.2 Å². The van der Waals surface area contributed by atoms with Crippen molar-refractivity contribution in [2.45, 2.75) is 20.5 Å². The molecule has 10 nitrogen and oxygen atoms in total. The average molecular weight is 570 g/mol. The largest absolute Gasteiger partial charge is 0.490 e. The molecule has 3 aromatic rings. The fourth-order valence-electron chi connectivity index (χ4n) is 3.86. The Bertz CT molecular complexity index is 1540. The van der Waals surface area contributed by atoms with E-state index in [1.807, 2.05) is 0 Å². The van der Waals surface area contributed by atoms with Crippen LogP contribution in [0.1, 0.15) is 23.6 Å². The number of carbonyl (C=O) groups is 3. The molecule has 0 aliphatic carbocycles. The number of benzene rings is 3. The van der Waals surface area contributed by atoms with Crippen molar-refractivity contribution in [2.75, 3.05) is 11.5 Å². The number of carbonyl (C=O) groups excluding carboxylic acids is 3. The van der Waals surface area contributed by atoms with Gasteiger partial charge in [0.05, 0.1) is 22.2 Å². The van der Waals surface area contributed by atoms with Crippen molar-refractivity contribution in [3.8, 4) is 11.5 Å². The van der Waals surface area contributed by atoms with Crippen LogP contribution in [0.5, 0.6) is 11.5 Å². The van der Waals surface area contributed by atoms with E-state index in [0.717, 1.165) is 4.90 Å². The molecule has 1 aliphatic heterocycles. The van der Waals surface area contributed by atoms with Crippen molar-refractivity contribution in [3.63, 3.8) is 0 Å². The Balaban J connectivity index is 1.67. The number of nitro groups is 1. The van der Waals surface area contributed by atoms with Gasteiger partial charge in [-0.1, -0.05) is 41.4 Å². The predicted octanol–water partition coefficient (Wildman–Crippen LogP) is 5.85. The number of urea groups is 1. The summed E-state index contributed by atoms with van der Waals surface area (Å²) in [5, 5.41) is 13.7. The molecule has 4 amide bonds. The maximum Gasteiger partial charge on any atom is 0.335 e. The number of aryl methyl sites for hydroxylation is 1. The highest BCUT2D eigenvalue weighted by Crippen LogP contribution is 2.38. The first kappa shape index (κ1) is 27.6. The fourth-order valence-corrected chi connectivity index (χ4v) is 4.30. The second-order valence-corrected chi connectivity index (χ2v) is 9.21. The number of hydrogen-bond donors (Lipinski definition) is 1. The Kier molecular flexibility index (Phi) is 8.18. The van der Waals surface area contributed by atoms with Gasteiger partial charge in [0.25, 0.3) is 17.5 Å². The molecule has 1 saturated heterocycles. The summed E-state index contributed by atoms with van der Waals surface area (Å²) in [6.45, 7) is 3.67. The van der Waals surface area contributed by atoms with Crippen LogP contribution in [0.4, 0.5) is 16.2 Å². The third-order valence-corrected chi connectivity index (χ3v) is 6.18. The number of non-ortho nitro benzene ring substituents is 1. The molecule has 0 bridgehead atoms. The lowest BCUT2D eigenvalue weighted by Crippen LogP contribution is -2.54. The van der Waals surface area contributed by atoms with Crippen LogP contribution in [0.15, 0.2) is 60.2 Å². The van der Waals surface area contributed by atoms with Crippen molar-refractivity contribution in [1.82, 2.24) is 5.32 Å². The third kappa shape index (κ3) is 6.02. The maximum atomic E-state index is 13.3. The minimum absolute atomic E-state index is 0.0289. The standard InChI is InChI=1S/C27H21Cl2N3O7/c1-3-38-23-12-17(11-21(29)24(23)39-14-16-5-4-6-19(9-16)32(36)37)10-20-25(33)30-27(35)31(26(20)34)22-13-18(28)8-7-15(22)2/h4-13H,3,14H2,1-2H3,(H,30,33,35)/b20-10+. The molecular formula is C27H21Cl2N3O7. The molecule has 1 N–H and O–H groups in total. The van der Waals surface area contributed by atoms with Crippen molar-refractivity contribution in [2.24, 2.45) is 0 Å². The molecule has 0 unspecified atom stereocenters. The summed E-state index contributed by atoms with van der Waals surface area (Å²) < 4.78 is 11.5. The minimum atomic E-state index is -0.898. The highest BCUT2D eigenvalue weighted by atomic mass is 35.5. The molecule has 39 heavy (non-hydrogen) atoms. The van der Waals surface area contributed by atoms with Gasteiger partial charge in [0.2, 0.25) is 0 Å². The van der Waals surface area contributed by atoms with E-state index in [9.17, 15) is 24.5 Å². The molecule has 0 saturated carbocycles. The molecule has 1 fully saturated rings. The monoisotopic (exact) mass is 569 g/mol. The normalized spacial score (nSPS) is 14.4. The topological polar surface area (TPSA) is 128 Å². The number of amides is 4. The first-order valence-corrected chi connectivity index (χ1v) is 12.3. The quantitative estimate of drug-likeness (QED) is 0.156. The third-order valence-electron chi connectivity index (χ3n) is 5.66. The van der Waals surface area contributed by atoms with Crippen LogP contribution < -0.4 is 19.7 Å². The zero-order valence-corrected chi connectivity index (χ0v) is 22.2. The van der Waals surface area contributed by atoms with Crippen molar-refractivity contribution in [1.29, 1.82) is 0 Å². The van der Waals surface area contributed by atoms with E-state index in [2.05, 4.69) is 5.32 Å². The van der Waals surface area contributed by atoms with Crippen LogP contribution in [0.3, 0.4) is 0 Å². The number of rotatable bonds is 8. The summed E-state index contributed by atoms with van der Waals surface area (Å²) in [6.07, 6.45) is 1.29. The number of barbiturate groups is 1. The van der Waals surface area contributed by atoms with Gasteiger partial charge in [-0.05, 0) is 60.9 Å². The maximum absolute atomic E-state index is 13.3. The van der Waals surface area contributed by atoms with E-state index in [1.165, 1.54) is 36.4 Å². The first-order chi connectivity index (χ1) is 18.6. The van der Waals surface area contributed by atoms with Gasteiger partial charge in [-0.3, -0.25) is 25.0 Å². The molecule has 200 valence electrons. The SMILES string of the molecule is CCOc1cc(/C=C2\C(=O)NC(=O)N(c3cc(Cl)ccc3C)C2=O)cc(Cl)c1OCc1cccc([N+](=O)[O-])c1. The molecule has 0 radical (unpaired) electrons. The lowest BCUT2D eigenvalue weighted by molar-refractivity contribution is -0.384. The van der Waals surface area contributed by atoms with E-state index in [-0.39, 0.29) is 46.7 Å². The van der Waals surface area contributed by atoms with Crippen LogP contribution in [0.25, 0.3) is 6.08 Å². The summed E-state index contributed by atoms with van der Waals surface area (Å²) in [5.41, 5.74) is 1.33. The van der Waals surface area contributed by atoms with E-state index in [0.29, 0.717) is 21.7 Å². The molecule has 0 aromatic heterocycles. The Morgan fingerprint density at radius 2 is 1.82 bits per heavy atom. The van der Waals surface area contributed by atoms with E-state index >= 15 is 0 Å². The smallest absolute Gasteiger partial charge is 0.335 e. The van der Waals surface area contributed by atoms with Crippen LogP contribution in [-0.4, -0.2) is 29.4 Å². The summed E-state index contributed by atoms with van der Waals surface area (Å²) >= 11 is 12.6. The average Bonchev–Trinajstić information content (AvgIpc) is 2.88. The Morgan fingerprint density at radius 3 is 2.54 bits per heavy atom. The van der Waals surface area contributed by atoms with Crippen molar-refractivity contribution in [3.05, 3.63) is 97.0 Å². The number of halogens is 2. The molecule has 1 aliphatic rings. The van der Waals surface area contributed by atoms with Crippen molar-refractivity contribution >= 4 is 58.5 Å². The van der Waals surface area contributed by atoms with Gasteiger partial charge < -0.3 is 9.47 Å². The Labute approximate surface area is 232 Å². The molecule has 1 heterocycles. The minimum Gasteiger partial charge on any atom is -0.490 e. The van der Waals surface area contributed by atoms with Crippen LogP contribution in [0.2, 0.25) is 10.0 Å². The highest BCUT2D eigenvalue weighted by Gasteiger charge is 2.37. The molecule has 4 rings (SSSR count). The lowest BCUT2D eigenvalue weighted by atomic mass is 10.1. The van der Waals surface area contributed by atoms with Gasteiger partial charge in [-0.25, -0.2) is 9.69 Å². The highest BCUT2D eigenvalue weighted by molar-refractivity contribution is 6.40. The van der Waals surface area contributed by atoms with E-state index < -0.39 is 22.8 Å². The second kappa shape index (κ2) is 11.5. The first-order valence-electron chi connectivity index (χ1n) is 11.6. The van der Waals surface area contributed by atoms with Gasteiger partial charge in [0, 0.05) is 17.2 Å². The Hall–Kier alpha value is -4.41.